The Labute approximate surface area is 103 Å². The van der Waals surface area contributed by atoms with Crippen LogP contribution in [-0.2, 0) is 0 Å². The van der Waals surface area contributed by atoms with Crippen LogP contribution in [0.1, 0.15) is 50.8 Å². The molecule has 1 aliphatic carbocycles. The van der Waals surface area contributed by atoms with Gasteiger partial charge in [0.1, 0.15) is 5.75 Å². The predicted octanol–water partition coefficient (Wildman–Crippen LogP) is 3.06. The van der Waals surface area contributed by atoms with Crippen molar-refractivity contribution in [3.05, 3.63) is 24.0 Å². The van der Waals surface area contributed by atoms with Gasteiger partial charge in [0.15, 0.2) is 0 Å². The number of rotatable bonds is 5. The second kappa shape index (κ2) is 6.01. The van der Waals surface area contributed by atoms with E-state index in [1.54, 1.807) is 6.20 Å². The SMILES string of the molecule is CCC(N)c1ccc(OCC2CCCC2)cn1. The zero-order chi connectivity index (χ0) is 12.1. The van der Waals surface area contributed by atoms with Crippen molar-refractivity contribution in [1.82, 2.24) is 4.98 Å². The topological polar surface area (TPSA) is 48.1 Å². The van der Waals surface area contributed by atoms with Crippen LogP contribution in [-0.4, -0.2) is 11.6 Å². The van der Waals surface area contributed by atoms with Gasteiger partial charge in [0.25, 0.3) is 0 Å². The Morgan fingerprint density at radius 1 is 1.41 bits per heavy atom. The number of nitrogens with two attached hydrogens (primary N) is 1. The number of ether oxygens (including phenoxy) is 1. The molecule has 3 heteroatoms. The van der Waals surface area contributed by atoms with Crippen molar-refractivity contribution in [3.63, 3.8) is 0 Å². The van der Waals surface area contributed by atoms with Gasteiger partial charge < -0.3 is 10.5 Å². The molecule has 1 unspecified atom stereocenters. The number of aromatic nitrogens is 1. The Morgan fingerprint density at radius 3 is 2.76 bits per heavy atom. The maximum Gasteiger partial charge on any atom is 0.137 e. The molecule has 0 spiro atoms. The van der Waals surface area contributed by atoms with Gasteiger partial charge in [-0.3, -0.25) is 4.98 Å². The third-order valence-electron chi connectivity index (χ3n) is 3.54. The molecule has 0 radical (unpaired) electrons. The summed E-state index contributed by atoms with van der Waals surface area (Å²) in [6.07, 6.45) is 8.04. The molecule has 0 bridgehead atoms. The molecule has 17 heavy (non-hydrogen) atoms. The molecular formula is C14H22N2O. The lowest BCUT2D eigenvalue weighted by atomic mass is 10.1. The first kappa shape index (κ1) is 12.4. The smallest absolute Gasteiger partial charge is 0.137 e. The van der Waals surface area contributed by atoms with Crippen LogP contribution >= 0.6 is 0 Å². The average molecular weight is 234 g/mol. The fourth-order valence-electron chi connectivity index (χ4n) is 2.30. The second-order valence-electron chi connectivity index (χ2n) is 4.89. The van der Waals surface area contributed by atoms with Gasteiger partial charge in [-0.15, -0.1) is 0 Å². The van der Waals surface area contributed by atoms with E-state index >= 15 is 0 Å². The standard InChI is InChI=1S/C14H22N2O/c1-2-13(15)14-8-7-12(9-16-14)17-10-11-5-3-4-6-11/h7-9,11,13H,2-6,10,15H2,1H3. The zero-order valence-corrected chi connectivity index (χ0v) is 10.6. The zero-order valence-electron chi connectivity index (χ0n) is 10.6. The van der Waals surface area contributed by atoms with E-state index in [0.29, 0.717) is 0 Å². The lowest BCUT2D eigenvalue weighted by Gasteiger charge is -2.12. The minimum Gasteiger partial charge on any atom is -0.492 e. The average Bonchev–Trinajstić information content (AvgIpc) is 2.89. The van der Waals surface area contributed by atoms with Crippen LogP contribution in [0, 0.1) is 5.92 Å². The largest absolute Gasteiger partial charge is 0.492 e. The van der Waals surface area contributed by atoms with Gasteiger partial charge in [0.05, 0.1) is 18.5 Å². The number of pyridine rings is 1. The Morgan fingerprint density at radius 2 is 2.18 bits per heavy atom. The minimum atomic E-state index is 0.0406. The van der Waals surface area contributed by atoms with Crippen LogP contribution in [0.25, 0.3) is 0 Å². The van der Waals surface area contributed by atoms with E-state index in [0.717, 1.165) is 30.4 Å². The van der Waals surface area contributed by atoms with E-state index in [1.807, 2.05) is 12.1 Å². The Hall–Kier alpha value is -1.09. The maximum absolute atomic E-state index is 5.91. The van der Waals surface area contributed by atoms with Crippen LogP contribution in [0.15, 0.2) is 18.3 Å². The molecule has 1 heterocycles. The predicted molar refractivity (Wildman–Crippen MR) is 68.9 cm³/mol. The van der Waals surface area contributed by atoms with Crippen LogP contribution in [0.2, 0.25) is 0 Å². The molecule has 0 amide bonds. The van der Waals surface area contributed by atoms with Crippen LogP contribution in [0.3, 0.4) is 0 Å². The molecule has 0 aromatic carbocycles. The van der Waals surface area contributed by atoms with Crippen molar-refractivity contribution >= 4 is 0 Å². The Kier molecular flexibility index (Phi) is 4.37. The lowest BCUT2D eigenvalue weighted by molar-refractivity contribution is 0.251. The van der Waals surface area contributed by atoms with Crippen LogP contribution in [0.4, 0.5) is 0 Å². The Balaban J connectivity index is 1.84. The summed E-state index contributed by atoms with van der Waals surface area (Å²) in [5, 5.41) is 0. The van der Waals surface area contributed by atoms with Crippen molar-refractivity contribution in [2.24, 2.45) is 11.7 Å². The van der Waals surface area contributed by atoms with Crippen molar-refractivity contribution < 1.29 is 4.74 Å². The molecule has 1 aromatic rings. The second-order valence-corrected chi connectivity index (χ2v) is 4.89. The van der Waals surface area contributed by atoms with E-state index in [1.165, 1.54) is 25.7 Å². The molecular weight excluding hydrogens is 212 g/mol. The first-order valence-electron chi connectivity index (χ1n) is 6.64. The minimum absolute atomic E-state index is 0.0406. The van der Waals surface area contributed by atoms with Gasteiger partial charge in [-0.1, -0.05) is 19.8 Å². The fraction of sp³-hybridized carbons (Fsp3) is 0.643. The molecule has 94 valence electrons. The van der Waals surface area contributed by atoms with E-state index in [9.17, 15) is 0 Å². The van der Waals surface area contributed by atoms with Crippen LogP contribution < -0.4 is 10.5 Å². The van der Waals surface area contributed by atoms with Gasteiger partial charge in [0.2, 0.25) is 0 Å². The maximum atomic E-state index is 5.91. The molecule has 0 saturated heterocycles. The van der Waals surface area contributed by atoms with Crippen LogP contribution in [0.5, 0.6) is 5.75 Å². The summed E-state index contributed by atoms with van der Waals surface area (Å²) in [6.45, 7) is 2.90. The highest BCUT2D eigenvalue weighted by atomic mass is 16.5. The fourth-order valence-corrected chi connectivity index (χ4v) is 2.30. The van der Waals surface area contributed by atoms with E-state index in [4.69, 9.17) is 10.5 Å². The molecule has 3 nitrogen and oxygen atoms in total. The summed E-state index contributed by atoms with van der Waals surface area (Å²) in [4.78, 5) is 4.34. The molecule has 1 fully saturated rings. The van der Waals surface area contributed by atoms with Gasteiger partial charge in [0, 0.05) is 6.04 Å². The molecule has 1 atom stereocenters. The number of hydrogen-bond acceptors (Lipinski definition) is 3. The van der Waals surface area contributed by atoms with E-state index < -0.39 is 0 Å². The first-order valence-corrected chi connectivity index (χ1v) is 6.64. The van der Waals surface area contributed by atoms with E-state index in [-0.39, 0.29) is 6.04 Å². The molecule has 1 saturated carbocycles. The lowest BCUT2D eigenvalue weighted by Crippen LogP contribution is -2.11. The summed E-state index contributed by atoms with van der Waals surface area (Å²) in [5.41, 5.74) is 6.86. The highest BCUT2D eigenvalue weighted by molar-refractivity contribution is 5.21. The third kappa shape index (κ3) is 3.43. The van der Waals surface area contributed by atoms with Crippen molar-refractivity contribution in [2.75, 3.05) is 6.61 Å². The molecule has 0 aliphatic heterocycles. The quantitative estimate of drug-likeness (QED) is 0.851. The monoisotopic (exact) mass is 234 g/mol. The Bertz CT molecular complexity index is 331. The molecule has 1 aliphatic rings. The third-order valence-corrected chi connectivity index (χ3v) is 3.54. The number of nitrogens with zero attached hydrogens (tertiary/aromatic N) is 1. The van der Waals surface area contributed by atoms with Gasteiger partial charge >= 0.3 is 0 Å². The molecule has 2 N–H and O–H groups in total. The normalized spacial score (nSPS) is 18.2. The summed E-state index contributed by atoms with van der Waals surface area (Å²) in [7, 11) is 0. The first-order chi connectivity index (χ1) is 8.29. The van der Waals surface area contributed by atoms with Gasteiger partial charge in [-0.05, 0) is 37.3 Å². The number of hydrogen-bond donors (Lipinski definition) is 1. The summed E-state index contributed by atoms with van der Waals surface area (Å²) < 4.78 is 5.75. The summed E-state index contributed by atoms with van der Waals surface area (Å²) in [6, 6.07) is 3.99. The molecule has 2 rings (SSSR count). The van der Waals surface area contributed by atoms with Crippen molar-refractivity contribution in [1.29, 1.82) is 0 Å². The molecule has 1 aromatic heterocycles. The van der Waals surface area contributed by atoms with Crippen molar-refractivity contribution in [2.45, 2.75) is 45.1 Å². The van der Waals surface area contributed by atoms with Crippen molar-refractivity contribution in [3.8, 4) is 5.75 Å². The summed E-state index contributed by atoms with van der Waals surface area (Å²) >= 11 is 0. The highest BCUT2D eigenvalue weighted by Gasteiger charge is 2.15. The van der Waals surface area contributed by atoms with Gasteiger partial charge in [-0.25, -0.2) is 0 Å². The highest BCUT2D eigenvalue weighted by Crippen LogP contribution is 2.25. The van der Waals surface area contributed by atoms with E-state index in [2.05, 4.69) is 11.9 Å². The summed E-state index contributed by atoms with van der Waals surface area (Å²) in [5.74, 6) is 1.61. The van der Waals surface area contributed by atoms with Gasteiger partial charge in [-0.2, -0.15) is 0 Å².